The Kier molecular flexibility index (Phi) is 5.64. The molecule has 0 N–H and O–H groups in total. The number of benzene rings is 7. The zero-order valence-electron chi connectivity index (χ0n) is 26.1. The highest BCUT2D eigenvalue weighted by atomic mass is 16.3. The first kappa shape index (κ1) is 27.1. The van der Waals surface area contributed by atoms with Gasteiger partial charge in [0.15, 0.2) is 5.69 Å². The van der Waals surface area contributed by atoms with Crippen molar-refractivity contribution in [3.8, 4) is 28.6 Å². The summed E-state index contributed by atoms with van der Waals surface area (Å²) in [5.74, 6) is 0. The van der Waals surface area contributed by atoms with Crippen molar-refractivity contribution in [2.24, 2.45) is 0 Å². The van der Waals surface area contributed by atoms with E-state index in [1.165, 1.54) is 0 Å². The first-order chi connectivity index (χ1) is 24.2. The summed E-state index contributed by atoms with van der Waals surface area (Å²) in [7, 11) is 0. The number of nitrogens with zero attached hydrogens (tertiary/aromatic N) is 4. The molecule has 5 nitrogen and oxygen atoms in total. The molecule has 49 heavy (non-hydrogen) atoms. The Balaban J connectivity index is 1.23. The van der Waals surface area contributed by atoms with Crippen LogP contribution in [0.3, 0.4) is 0 Å². The number of rotatable bonds is 3. The molecule has 0 unspecified atom stereocenters. The second kappa shape index (κ2) is 10.2. The molecule has 0 saturated heterocycles. The number of furan rings is 1. The molecule has 0 fully saturated rings. The molecule has 0 saturated carbocycles. The average Bonchev–Trinajstić information content (AvgIpc) is 3.80. The Hall–Kier alpha value is -7.08. The van der Waals surface area contributed by atoms with Crippen LogP contribution >= 0.6 is 0 Å². The van der Waals surface area contributed by atoms with Gasteiger partial charge in [-0.15, -0.1) is 0 Å². The quantitative estimate of drug-likeness (QED) is 0.184. The molecule has 3 heterocycles. The van der Waals surface area contributed by atoms with Gasteiger partial charge in [-0.2, -0.15) is 5.26 Å². The summed E-state index contributed by atoms with van der Waals surface area (Å²) in [6.45, 7) is 7.82. The summed E-state index contributed by atoms with van der Waals surface area (Å²) in [6, 6.07) is 51.9. The van der Waals surface area contributed by atoms with Crippen LogP contribution in [0, 0.1) is 17.9 Å². The zero-order valence-corrected chi connectivity index (χ0v) is 26.1. The van der Waals surface area contributed by atoms with Gasteiger partial charge in [0.1, 0.15) is 11.2 Å². The molecule has 0 aliphatic carbocycles. The molecular weight excluding hydrogens is 601 g/mol. The van der Waals surface area contributed by atoms with Crippen LogP contribution in [0.25, 0.3) is 92.9 Å². The van der Waals surface area contributed by atoms with Crippen LogP contribution in [-0.2, 0) is 0 Å². The van der Waals surface area contributed by atoms with Crippen molar-refractivity contribution in [2.75, 3.05) is 0 Å². The Morgan fingerprint density at radius 2 is 1.12 bits per heavy atom. The molecule has 0 aliphatic heterocycles. The number of aromatic nitrogens is 2. The van der Waals surface area contributed by atoms with E-state index < -0.39 is 0 Å². The zero-order chi connectivity index (χ0) is 32.6. The van der Waals surface area contributed by atoms with Crippen LogP contribution in [0.15, 0.2) is 150 Å². The van der Waals surface area contributed by atoms with Crippen molar-refractivity contribution in [1.29, 1.82) is 5.26 Å². The number of hydrogen-bond donors (Lipinski definition) is 0. The third-order valence-corrected chi connectivity index (χ3v) is 9.77. The van der Waals surface area contributed by atoms with Gasteiger partial charge in [-0.1, -0.05) is 91.0 Å². The van der Waals surface area contributed by atoms with Crippen LogP contribution in [0.4, 0.5) is 5.69 Å². The predicted octanol–water partition coefficient (Wildman–Crippen LogP) is 11.9. The topological polar surface area (TPSA) is 51.1 Å². The fourth-order valence-electron chi connectivity index (χ4n) is 7.65. The standard InChI is InChI=1S/C44H24N4O/c1-46-28-18-20-34(41(23-28)48-39-15-7-2-10-31(39)32-11-3-8-16-40(32)48)30-21-19-29(22-27(30)26-45)47-38-14-6-4-12-33(38)36-25-44-37(24-42(36)47)35-13-5-9-17-43(35)49-44/h2-25H. The maximum atomic E-state index is 10.7. The Morgan fingerprint density at radius 3 is 1.82 bits per heavy atom. The SMILES string of the molecule is [C-]#[N+]c1ccc(-c2ccc(-n3c4ccccc4c4cc5oc6ccccc6c5cc43)cc2C#N)c(-n2c3ccccc3c3ccccc32)c1. The summed E-state index contributed by atoms with van der Waals surface area (Å²) in [5, 5.41) is 17.3. The van der Waals surface area contributed by atoms with Gasteiger partial charge in [0.2, 0.25) is 0 Å². The first-order valence-electron chi connectivity index (χ1n) is 16.1. The first-order valence-corrected chi connectivity index (χ1v) is 16.1. The number of nitriles is 1. The third-order valence-electron chi connectivity index (χ3n) is 9.77. The van der Waals surface area contributed by atoms with E-state index in [1.54, 1.807) is 0 Å². The van der Waals surface area contributed by atoms with Gasteiger partial charge in [0, 0.05) is 54.8 Å². The van der Waals surface area contributed by atoms with Crippen molar-refractivity contribution < 1.29 is 4.42 Å². The average molecular weight is 625 g/mol. The number of para-hydroxylation sites is 4. The summed E-state index contributed by atoms with van der Waals surface area (Å²) in [4.78, 5) is 3.78. The van der Waals surface area contributed by atoms with E-state index in [2.05, 4.69) is 98.9 Å². The van der Waals surface area contributed by atoms with E-state index in [0.717, 1.165) is 88.1 Å². The number of fused-ring (bicyclic) bond motifs is 9. The highest BCUT2D eigenvalue weighted by molar-refractivity contribution is 6.17. The van der Waals surface area contributed by atoms with E-state index in [9.17, 15) is 5.26 Å². The fraction of sp³-hybridized carbons (Fsp3) is 0. The molecule has 226 valence electrons. The van der Waals surface area contributed by atoms with Crippen molar-refractivity contribution in [1.82, 2.24) is 9.13 Å². The minimum Gasteiger partial charge on any atom is -0.456 e. The van der Waals surface area contributed by atoms with E-state index in [1.807, 2.05) is 66.7 Å². The predicted molar refractivity (Wildman–Crippen MR) is 199 cm³/mol. The second-order valence-electron chi connectivity index (χ2n) is 12.3. The Labute approximate surface area is 280 Å². The van der Waals surface area contributed by atoms with Gasteiger partial charge in [0.25, 0.3) is 0 Å². The van der Waals surface area contributed by atoms with Crippen molar-refractivity contribution in [2.45, 2.75) is 0 Å². The van der Waals surface area contributed by atoms with E-state index in [-0.39, 0.29) is 0 Å². The summed E-state index contributed by atoms with van der Waals surface area (Å²) in [5.41, 5.74) is 10.5. The highest BCUT2D eigenvalue weighted by Crippen LogP contribution is 2.41. The van der Waals surface area contributed by atoms with Crippen molar-refractivity contribution >= 4 is 71.2 Å². The molecular formula is C44H24N4O. The lowest BCUT2D eigenvalue weighted by atomic mass is 9.97. The summed E-state index contributed by atoms with van der Waals surface area (Å²) >= 11 is 0. The maximum absolute atomic E-state index is 10.7. The molecule has 5 heteroatoms. The minimum atomic E-state index is 0.541. The molecule has 0 aliphatic rings. The van der Waals surface area contributed by atoms with E-state index in [4.69, 9.17) is 11.0 Å². The lowest BCUT2D eigenvalue weighted by Gasteiger charge is -2.17. The number of hydrogen-bond acceptors (Lipinski definition) is 2. The molecule has 0 radical (unpaired) electrons. The van der Waals surface area contributed by atoms with Crippen LogP contribution in [0.1, 0.15) is 5.56 Å². The molecule has 10 rings (SSSR count). The fourth-order valence-corrected chi connectivity index (χ4v) is 7.65. The summed E-state index contributed by atoms with van der Waals surface area (Å²) in [6.07, 6.45) is 0. The van der Waals surface area contributed by atoms with E-state index >= 15 is 0 Å². The normalized spacial score (nSPS) is 11.6. The third kappa shape index (κ3) is 3.85. The molecule has 0 spiro atoms. The van der Waals surface area contributed by atoms with Crippen LogP contribution in [0.2, 0.25) is 0 Å². The molecule has 3 aromatic heterocycles. The van der Waals surface area contributed by atoms with Gasteiger partial charge in [-0.25, -0.2) is 4.85 Å². The molecule has 0 atom stereocenters. The summed E-state index contributed by atoms with van der Waals surface area (Å²) < 4.78 is 10.7. The van der Waals surface area contributed by atoms with Gasteiger partial charge >= 0.3 is 0 Å². The minimum absolute atomic E-state index is 0.541. The van der Waals surface area contributed by atoms with Crippen LogP contribution in [0.5, 0.6) is 0 Å². The van der Waals surface area contributed by atoms with E-state index in [0.29, 0.717) is 11.3 Å². The van der Waals surface area contributed by atoms with Gasteiger partial charge in [0.05, 0.1) is 40.3 Å². The molecule has 0 bridgehead atoms. The van der Waals surface area contributed by atoms with Crippen molar-refractivity contribution in [3.63, 3.8) is 0 Å². The maximum Gasteiger partial charge on any atom is 0.189 e. The molecule has 10 aromatic rings. The van der Waals surface area contributed by atoms with Crippen molar-refractivity contribution in [3.05, 3.63) is 163 Å². The molecule has 0 amide bonds. The smallest absolute Gasteiger partial charge is 0.189 e. The highest BCUT2D eigenvalue weighted by Gasteiger charge is 2.20. The van der Waals surface area contributed by atoms with Crippen LogP contribution in [-0.4, -0.2) is 9.13 Å². The Bertz CT molecular complexity index is 3030. The molecule has 7 aromatic carbocycles. The Morgan fingerprint density at radius 1 is 0.510 bits per heavy atom. The largest absolute Gasteiger partial charge is 0.456 e. The van der Waals surface area contributed by atoms with Crippen LogP contribution < -0.4 is 0 Å². The lowest BCUT2D eigenvalue weighted by molar-refractivity contribution is 0.669. The second-order valence-corrected chi connectivity index (χ2v) is 12.3. The lowest BCUT2D eigenvalue weighted by Crippen LogP contribution is -2.00. The van der Waals surface area contributed by atoms with Gasteiger partial charge in [-0.05, 0) is 54.6 Å². The monoisotopic (exact) mass is 624 g/mol. The van der Waals surface area contributed by atoms with Gasteiger partial charge in [-0.3, -0.25) is 0 Å². The van der Waals surface area contributed by atoms with Gasteiger partial charge < -0.3 is 13.6 Å².